The highest BCUT2D eigenvalue weighted by Crippen LogP contribution is 2.13. The van der Waals surface area contributed by atoms with Crippen molar-refractivity contribution < 1.29 is 14.3 Å². The van der Waals surface area contributed by atoms with Gasteiger partial charge in [-0.25, -0.2) is 4.68 Å². The van der Waals surface area contributed by atoms with Gasteiger partial charge in [-0.15, -0.1) is 0 Å². The average Bonchev–Trinajstić information content (AvgIpc) is 3.15. The fourth-order valence-electron chi connectivity index (χ4n) is 2.57. The van der Waals surface area contributed by atoms with Crippen LogP contribution in [0.2, 0.25) is 0 Å². The Balaban J connectivity index is 1.53. The minimum atomic E-state index is -0.141. The van der Waals surface area contributed by atoms with Gasteiger partial charge in [0.2, 0.25) is 0 Å². The van der Waals surface area contributed by atoms with Crippen LogP contribution in [0.15, 0.2) is 67.0 Å². The van der Waals surface area contributed by atoms with Crippen LogP contribution >= 0.6 is 0 Å². The molecule has 0 atom stereocenters. The first-order valence-corrected chi connectivity index (χ1v) is 8.59. The average molecular weight is 363 g/mol. The van der Waals surface area contributed by atoms with Crippen molar-refractivity contribution in [2.45, 2.75) is 13.5 Å². The molecule has 1 amide bonds. The summed E-state index contributed by atoms with van der Waals surface area (Å²) in [6.45, 7) is 1.88. The smallest absolute Gasteiger partial charge is 0.260 e. The summed E-state index contributed by atoms with van der Waals surface area (Å²) in [5, 5.41) is 4.33. The van der Waals surface area contributed by atoms with E-state index in [1.165, 1.54) is 6.92 Å². The molecular formula is C21H21N3O3. The maximum Gasteiger partial charge on any atom is 0.260 e. The minimum Gasteiger partial charge on any atom is -0.484 e. The van der Waals surface area contributed by atoms with Crippen molar-refractivity contribution in [3.8, 4) is 11.4 Å². The van der Waals surface area contributed by atoms with Gasteiger partial charge in [-0.3, -0.25) is 9.59 Å². The van der Waals surface area contributed by atoms with Gasteiger partial charge in [0.15, 0.2) is 12.4 Å². The maximum absolute atomic E-state index is 12.3. The molecule has 138 valence electrons. The van der Waals surface area contributed by atoms with Gasteiger partial charge in [0.25, 0.3) is 5.91 Å². The third-order valence-corrected chi connectivity index (χ3v) is 4.13. The van der Waals surface area contributed by atoms with E-state index in [-0.39, 0.29) is 18.3 Å². The standard InChI is InChI=1S/C21H21N3O3/c1-16(25)18-8-10-20(11-9-18)27-15-21(26)23(2)13-17-12-22-24(14-17)19-6-4-3-5-7-19/h3-12,14H,13,15H2,1-2H3. The number of benzene rings is 2. The molecule has 0 spiro atoms. The Morgan fingerprint density at radius 3 is 2.44 bits per heavy atom. The van der Waals surface area contributed by atoms with Gasteiger partial charge in [0.05, 0.1) is 11.9 Å². The van der Waals surface area contributed by atoms with Gasteiger partial charge in [-0.2, -0.15) is 5.10 Å². The molecule has 0 bridgehead atoms. The van der Waals surface area contributed by atoms with Gasteiger partial charge < -0.3 is 9.64 Å². The number of hydrogen-bond acceptors (Lipinski definition) is 4. The van der Waals surface area contributed by atoms with Crippen LogP contribution in [0.25, 0.3) is 5.69 Å². The van der Waals surface area contributed by atoms with E-state index in [2.05, 4.69) is 5.10 Å². The molecule has 0 fully saturated rings. The first-order chi connectivity index (χ1) is 13.0. The number of aromatic nitrogens is 2. The fourth-order valence-corrected chi connectivity index (χ4v) is 2.57. The van der Waals surface area contributed by atoms with Crippen LogP contribution in [-0.2, 0) is 11.3 Å². The van der Waals surface area contributed by atoms with Gasteiger partial charge in [-0.05, 0) is 43.3 Å². The van der Waals surface area contributed by atoms with Crippen LogP contribution in [0.3, 0.4) is 0 Å². The number of carbonyl (C=O) groups excluding carboxylic acids is 2. The first kappa shape index (κ1) is 18.4. The predicted octanol–water partition coefficient (Wildman–Crippen LogP) is 3.11. The largest absolute Gasteiger partial charge is 0.484 e. The summed E-state index contributed by atoms with van der Waals surface area (Å²) in [4.78, 5) is 25.2. The topological polar surface area (TPSA) is 64.4 Å². The third-order valence-electron chi connectivity index (χ3n) is 4.13. The number of rotatable bonds is 7. The summed E-state index contributed by atoms with van der Waals surface area (Å²) in [6, 6.07) is 16.5. The summed E-state index contributed by atoms with van der Waals surface area (Å²) in [6.07, 6.45) is 3.65. The Morgan fingerprint density at radius 2 is 1.78 bits per heavy atom. The van der Waals surface area contributed by atoms with E-state index >= 15 is 0 Å². The highest BCUT2D eigenvalue weighted by molar-refractivity contribution is 5.94. The van der Waals surface area contributed by atoms with Gasteiger partial charge in [0, 0.05) is 30.9 Å². The molecule has 3 rings (SSSR count). The van der Waals surface area contributed by atoms with Crippen LogP contribution < -0.4 is 4.74 Å². The zero-order valence-electron chi connectivity index (χ0n) is 15.3. The predicted molar refractivity (Wildman–Crippen MR) is 102 cm³/mol. The molecule has 0 saturated carbocycles. The van der Waals surface area contributed by atoms with Crippen molar-refractivity contribution in [3.05, 3.63) is 78.1 Å². The lowest BCUT2D eigenvalue weighted by Gasteiger charge is -2.16. The summed E-state index contributed by atoms with van der Waals surface area (Å²) in [7, 11) is 1.73. The molecule has 27 heavy (non-hydrogen) atoms. The highest BCUT2D eigenvalue weighted by Gasteiger charge is 2.12. The van der Waals surface area contributed by atoms with Crippen molar-refractivity contribution in [1.29, 1.82) is 0 Å². The van der Waals surface area contributed by atoms with Crippen LogP contribution in [0.1, 0.15) is 22.8 Å². The third kappa shape index (κ3) is 4.82. The second-order valence-corrected chi connectivity index (χ2v) is 6.25. The number of ether oxygens (including phenoxy) is 1. The van der Waals surface area contributed by atoms with E-state index in [1.807, 2.05) is 36.5 Å². The second-order valence-electron chi connectivity index (χ2n) is 6.25. The molecule has 0 aliphatic heterocycles. The van der Waals surface area contributed by atoms with Crippen LogP contribution in [0.4, 0.5) is 0 Å². The number of Topliss-reactive ketones (excluding diaryl/α,β-unsaturated/α-hetero) is 1. The lowest BCUT2D eigenvalue weighted by Crippen LogP contribution is -2.30. The van der Waals surface area contributed by atoms with Gasteiger partial charge in [-0.1, -0.05) is 18.2 Å². The molecule has 0 radical (unpaired) electrons. The molecule has 0 aliphatic rings. The number of amides is 1. The molecule has 0 unspecified atom stereocenters. The van der Waals surface area contributed by atoms with Crippen LogP contribution in [0, 0.1) is 0 Å². The molecule has 0 N–H and O–H groups in total. The van der Waals surface area contributed by atoms with E-state index in [0.29, 0.717) is 17.9 Å². The minimum absolute atomic E-state index is 0.00610. The monoisotopic (exact) mass is 363 g/mol. The molecule has 6 heteroatoms. The molecule has 1 heterocycles. The van der Waals surface area contributed by atoms with Crippen molar-refractivity contribution in [2.24, 2.45) is 0 Å². The summed E-state index contributed by atoms with van der Waals surface area (Å²) in [5.41, 5.74) is 2.51. The molecule has 6 nitrogen and oxygen atoms in total. The molecule has 0 saturated heterocycles. The van der Waals surface area contributed by atoms with Crippen LogP contribution in [-0.4, -0.2) is 40.0 Å². The molecule has 0 aliphatic carbocycles. The SMILES string of the molecule is CC(=O)c1ccc(OCC(=O)N(C)Cc2cnn(-c3ccccc3)c2)cc1. The number of carbonyl (C=O) groups is 2. The number of hydrogen-bond donors (Lipinski definition) is 0. The van der Waals surface area contributed by atoms with E-state index in [1.54, 1.807) is 47.1 Å². The second kappa shape index (κ2) is 8.31. The lowest BCUT2D eigenvalue weighted by atomic mass is 10.1. The summed E-state index contributed by atoms with van der Waals surface area (Å²) < 4.78 is 7.29. The van der Waals surface area contributed by atoms with Gasteiger partial charge >= 0.3 is 0 Å². The van der Waals surface area contributed by atoms with Crippen molar-refractivity contribution in [1.82, 2.24) is 14.7 Å². The number of ketones is 1. The van der Waals surface area contributed by atoms with E-state index in [4.69, 9.17) is 4.74 Å². The quantitative estimate of drug-likeness (QED) is 0.605. The maximum atomic E-state index is 12.3. The molecule has 3 aromatic rings. The Hall–Kier alpha value is -3.41. The summed E-state index contributed by atoms with van der Waals surface area (Å²) in [5.74, 6) is 0.408. The van der Waals surface area contributed by atoms with Crippen LogP contribution in [0.5, 0.6) is 5.75 Å². The first-order valence-electron chi connectivity index (χ1n) is 8.59. The zero-order chi connectivity index (χ0) is 19.2. The Bertz CT molecular complexity index is 917. The van der Waals surface area contributed by atoms with E-state index < -0.39 is 0 Å². The molecule has 2 aromatic carbocycles. The van der Waals surface area contributed by atoms with Gasteiger partial charge in [0.1, 0.15) is 5.75 Å². The number of likely N-dealkylation sites (N-methyl/N-ethyl adjacent to an activating group) is 1. The molecular weight excluding hydrogens is 342 g/mol. The van der Waals surface area contributed by atoms with E-state index in [9.17, 15) is 9.59 Å². The Kier molecular flexibility index (Phi) is 5.66. The Morgan fingerprint density at radius 1 is 1.07 bits per heavy atom. The fraction of sp³-hybridized carbons (Fsp3) is 0.190. The highest BCUT2D eigenvalue weighted by atomic mass is 16.5. The van der Waals surface area contributed by atoms with Crippen molar-refractivity contribution in [3.63, 3.8) is 0 Å². The van der Waals surface area contributed by atoms with E-state index in [0.717, 1.165) is 11.3 Å². The number of para-hydroxylation sites is 1. The zero-order valence-corrected chi connectivity index (χ0v) is 15.3. The van der Waals surface area contributed by atoms with Crippen molar-refractivity contribution in [2.75, 3.05) is 13.7 Å². The lowest BCUT2D eigenvalue weighted by molar-refractivity contribution is -0.132. The summed E-state index contributed by atoms with van der Waals surface area (Å²) >= 11 is 0. The number of nitrogens with zero attached hydrogens (tertiary/aromatic N) is 3. The normalized spacial score (nSPS) is 10.4. The molecule has 1 aromatic heterocycles. The Labute approximate surface area is 158 Å². The van der Waals surface area contributed by atoms with Crippen molar-refractivity contribution >= 4 is 11.7 Å².